The molecule has 9 heteroatoms. The lowest BCUT2D eigenvalue weighted by Crippen LogP contribution is -2.25. The fourth-order valence-electron chi connectivity index (χ4n) is 3.56. The summed E-state index contributed by atoms with van der Waals surface area (Å²) in [5.74, 6) is 0. The summed E-state index contributed by atoms with van der Waals surface area (Å²) < 4.78 is 11.0. The Morgan fingerprint density at radius 1 is 0.767 bits per heavy atom. The van der Waals surface area contributed by atoms with Gasteiger partial charge in [-0.3, -0.25) is 4.90 Å². The Morgan fingerprint density at radius 2 is 1.37 bits per heavy atom. The van der Waals surface area contributed by atoms with Crippen molar-refractivity contribution in [2.24, 2.45) is 0 Å². The van der Waals surface area contributed by atoms with Gasteiger partial charge in [-0.05, 0) is 36.6 Å². The lowest BCUT2D eigenvalue weighted by atomic mass is 10.1. The van der Waals surface area contributed by atoms with Gasteiger partial charge in [0.15, 0.2) is 0 Å². The van der Waals surface area contributed by atoms with Crippen molar-refractivity contribution in [2.45, 2.75) is 26.4 Å². The van der Waals surface area contributed by atoms with E-state index in [1.54, 1.807) is 0 Å². The molecule has 158 valence electrons. The highest BCUT2D eigenvalue weighted by molar-refractivity contribution is 5.78. The minimum atomic E-state index is 0.629. The molecule has 0 saturated heterocycles. The molecule has 2 aromatic heterocycles. The van der Waals surface area contributed by atoms with E-state index in [9.17, 15) is 0 Å². The van der Waals surface area contributed by atoms with Gasteiger partial charge in [-0.1, -0.05) is 24.3 Å². The molecule has 0 fully saturated rings. The molecule has 0 aliphatic rings. The number of para-hydroxylation sites is 2. The Kier molecular flexibility index (Phi) is 6.96. The van der Waals surface area contributed by atoms with Gasteiger partial charge in [-0.15, -0.1) is 0 Å². The van der Waals surface area contributed by atoms with Gasteiger partial charge in [0.2, 0.25) is 0 Å². The number of nitrogens with zero attached hydrogens (tertiary/aromatic N) is 5. The number of benzene rings is 2. The van der Waals surface area contributed by atoms with E-state index in [1.807, 2.05) is 31.2 Å². The lowest BCUT2D eigenvalue weighted by molar-refractivity contribution is 0.0483. The van der Waals surface area contributed by atoms with Crippen LogP contribution < -0.4 is 0 Å². The van der Waals surface area contributed by atoms with Gasteiger partial charge < -0.3 is 9.47 Å². The fourth-order valence-corrected chi connectivity index (χ4v) is 3.56. The van der Waals surface area contributed by atoms with Crippen LogP contribution in [0.1, 0.15) is 24.5 Å². The topological polar surface area (TPSA) is 105 Å². The lowest BCUT2D eigenvalue weighted by Gasteiger charge is -2.23. The molecule has 4 aromatic rings. The van der Waals surface area contributed by atoms with Gasteiger partial charge >= 0.3 is 0 Å². The second-order valence-corrected chi connectivity index (χ2v) is 7.09. The number of fused-ring (bicyclic) bond motifs is 2. The van der Waals surface area contributed by atoms with Crippen LogP contribution in [0.4, 0.5) is 0 Å². The average Bonchev–Trinajstić information content (AvgIpc) is 3.43. The van der Waals surface area contributed by atoms with Gasteiger partial charge in [-0.25, -0.2) is 0 Å². The second kappa shape index (κ2) is 10.2. The molecule has 0 bridgehead atoms. The monoisotopic (exact) mass is 409 g/mol. The molecule has 0 spiro atoms. The number of nitrogens with one attached hydrogen (secondary N) is 2. The first-order chi connectivity index (χ1) is 14.8. The molecule has 0 unspecified atom stereocenters. The number of hydrogen-bond acceptors (Lipinski definition) is 7. The van der Waals surface area contributed by atoms with Crippen molar-refractivity contribution in [1.82, 2.24) is 35.7 Å². The van der Waals surface area contributed by atoms with E-state index < -0.39 is 0 Å². The van der Waals surface area contributed by atoms with Crippen LogP contribution >= 0.6 is 0 Å². The highest BCUT2D eigenvalue weighted by Gasteiger charge is 2.14. The Balaban J connectivity index is 1.45. The van der Waals surface area contributed by atoms with Crippen LogP contribution in [0.25, 0.3) is 22.1 Å². The molecule has 30 heavy (non-hydrogen) atoms. The summed E-state index contributed by atoms with van der Waals surface area (Å²) in [4.78, 5) is 2.39. The fraction of sp³-hybridized carbons (Fsp3) is 0.429. The SMILES string of the molecule is CCOCCOCCCN(Cc1cccc2n[nH]nc12)Cc1cccc2n[nH]nc12. The predicted octanol–water partition coefficient (Wildman–Crippen LogP) is 2.67. The number of H-pyrrole nitrogens is 2. The summed E-state index contributed by atoms with van der Waals surface area (Å²) >= 11 is 0. The predicted molar refractivity (Wildman–Crippen MR) is 114 cm³/mol. The van der Waals surface area contributed by atoms with Crippen LogP contribution in [0, 0.1) is 0 Å². The van der Waals surface area contributed by atoms with E-state index in [4.69, 9.17) is 9.47 Å². The van der Waals surface area contributed by atoms with Gasteiger partial charge in [0.05, 0.1) is 13.2 Å². The van der Waals surface area contributed by atoms with Crippen LogP contribution in [0.3, 0.4) is 0 Å². The Hall–Kier alpha value is -2.88. The summed E-state index contributed by atoms with van der Waals surface area (Å²) in [6.07, 6.45) is 0.926. The molecule has 2 aromatic carbocycles. The van der Waals surface area contributed by atoms with E-state index in [0.717, 1.165) is 65.9 Å². The molecule has 0 amide bonds. The molecule has 0 radical (unpaired) electrons. The van der Waals surface area contributed by atoms with Crippen LogP contribution in [0.2, 0.25) is 0 Å². The number of aromatic nitrogens is 6. The maximum atomic E-state index is 5.70. The van der Waals surface area contributed by atoms with E-state index in [2.05, 4.69) is 47.9 Å². The van der Waals surface area contributed by atoms with Crippen LogP contribution in [-0.4, -0.2) is 68.7 Å². The minimum absolute atomic E-state index is 0.629. The van der Waals surface area contributed by atoms with Crippen molar-refractivity contribution in [3.05, 3.63) is 47.5 Å². The van der Waals surface area contributed by atoms with Crippen molar-refractivity contribution in [2.75, 3.05) is 33.0 Å². The number of ether oxygens (including phenoxy) is 2. The van der Waals surface area contributed by atoms with Crippen molar-refractivity contribution in [1.29, 1.82) is 0 Å². The quantitative estimate of drug-likeness (QED) is 0.347. The molecule has 0 saturated carbocycles. The normalized spacial score (nSPS) is 11.8. The first-order valence-corrected chi connectivity index (χ1v) is 10.3. The second-order valence-electron chi connectivity index (χ2n) is 7.09. The summed E-state index contributed by atoms with van der Waals surface area (Å²) in [5, 5.41) is 22.5. The highest BCUT2D eigenvalue weighted by Crippen LogP contribution is 2.20. The zero-order chi connectivity index (χ0) is 20.6. The standard InChI is InChI=1S/C21H27N7O2/c1-2-29-12-13-30-11-5-10-28(14-16-6-3-8-18-20(16)24-26-22-18)15-17-7-4-9-19-21(17)25-27-23-19/h3-4,6-9H,2,5,10-15H2,1H3,(H,22,24,26)(H,23,25,27). The van der Waals surface area contributed by atoms with Crippen molar-refractivity contribution >= 4 is 22.1 Å². The molecule has 0 aliphatic carbocycles. The van der Waals surface area contributed by atoms with Crippen molar-refractivity contribution < 1.29 is 9.47 Å². The van der Waals surface area contributed by atoms with E-state index in [0.29, 0.717) is 19.8 Å². The molecular formula is C21H27N7O2. The minimum Gasteiger partial charge on any atom is -0.379 e. The Morgan fingerprint density at radius 3 is 1.97 bits per heavy atom. The Labute approximate surface area is 174 Å². The van der Waals surface area contributed by atoms with Crippen LogP contribution in [0.5, 0.6) is 0 Å². The zero-order valence-electron chi connectivity index (χ0n) is 17.2. The summed E-state index contributed by atoms with van der Waals surface area (Å²) in [6.45, 7) is 7.09. The zero-order valence-corrected chi connectivity index (χ0v) is 17.2. The molecule has 4 rings (SSSR count). The third-order valence-corrected chi connectivity index (χ3v) is 4.99. The summed E-state index contributed by atoms with van der Waals surface area (Å²) in [5.41, 5.74) is 5.87. The third kappa shape index (κ3) is 4.99. The average molecular weight is 409 g/mol. The highest BCUT2D eigenvalue weighted by atomic mass is 16.5. The molecule has 0 atom stereocenters. The number of rotatable bonds is 12. The van der Waals surface area contributed by atoms with Crippen molar-refractivity contribution in [3.63, 3.8) is 0 Å². The van der Waals surface area contributed by atoms with E-state index >= 15 is 0 Å². The summed E-state index contributed by atoms with van der Waals surface area (Å²) in [6, 6.07) is 12.2. The Bertz CT molecular complexity index is 986. The molecule has 9 nitrogen and oxygen atoms in total. The third-order valence-electron chi connectivity index (χ3n) is 4.99. The van der Waals surface area contributed by atoms with Crippen LogP contribution in [-0.2, 0) is 22.6 Å². The molecular weight excluding hydrogens is 382 g/mol. The van der Waals surface area contributed by atoms with E-state index in [1.165, 1.54) is 0 Å². The summed E-state index contributed by atoms with van der Waals surface area (Å²) in [7, 11) is 0. The first kappa shape index (κ1) is 20.4. The van der Waals surface area contributed by atoms with Gasteiger partial charge in [-0.2, -0.15) is 30.8 Å². The molecule has 2 N–H and O–H groups in total. The van der Waals surface area contributed by atoms with Gasteiger partial charge in [0.1, 0.15) is 22.1 Å². The molecule has 0 aliphatic heterocycles. The van der Waals surface area contributed by atoms with Gasteiger partial charge in [0, 0.05) is 32.8 Å². The van der Waals surface area contributed by atoms with Crippen molar-refractivity contribution in [3.8, 4) is 0 Å². The van der Waals surface area contributed by atoms with Crippen LogP contribution in [0.15, 0.2) is 36.4 Å². The van der Waals surface area contributed by atoms with Gasteiger partial charge in [0.25, 0.3) is 0 Å². The molecule has 2 heterocycles. The smallest absolute Gasteiger partial charge is 0.117 e. The number of aromatic amines is 2. The first-order valence-electron chi connectivity index (χ1n) is 10.3. The maximum Gasteiger partial charge on any atom is 0.117 e. The largest absolute Gasteiger partial charge is 0.379 e. The maximum absolute atomic E-state index is 5.70. The van der Waals surface area contributed by atoms with E-state index in [-0.39, 0.29) is 0 Å². The number of hydrogen-bond donors (Lipinski definition) is 2.